The molecule has 3 heterocycles. The van der Waals surface area contributed by atoms with Crippen LogP contribution in [0.5, 0.6) is 0 Å². The maximum atomic E-state index is 14.2. The number of carboxylic acid groups (broad SMARTS) is 1. The molecular formula is C36H47N7O8S2. The standard InChI is InChI=1S/C36H47N7O8S2/c1-24(2)33(43-17-16-40(35(43)46)20-28-23-52-25(3)38-28)34(45)39-31(18-26-8-5-4-6-9-26)32(44)22-41(21-29-10-7-15-42(29)36(47)48)53(50,51)30-13-11-27(12-14-30)19-37-49/h4-6,8-9,11-14,23-24,29,31-33,44H,7,10,15-22H2,1-3H3,(H,39,45)(H,47,48)/t29?,31-,32+,33-/m0/s1. The van der Waals surface area contributed by atoms with Gasteiger partial charge in [0.2, 0.25) is 15.9 Å². The molecule has 2 aliphatic rings. The third kappa shape index (κ3) is 9.76. The molecule has 17 heteroatoms. The summed E-state index contributed by atoms with van der Waals surface area (Å²) >= 11 is 1.50. The van der Waals surface area contributed by atoms with Crippen LogP contribution in [0.25, 0.3) is 0 Å². The highest BCUT2D eigenvalue weighted by molar-refractivity contribution is 7.89. The van der Waals surface area contributed by atoms with Crippen molar-refractivity contribution in [2.75, 3.05) is 32.7 Å². The summed E-state index contributed by atoms with van der Waals surface area (Å²) < 4.78 is 29.5. The Kier molecular flexibility index (Phi) is 13.2. The van der Waals surface area contributed by atoms with Crippen molar-refractivity contribution in [1.29, 1.82) is 0 Å². The fourth-order valence-electron chi connectivity index (χ4n) is 7.02. The third-order valence-electron chi connectivity index (χ3n) is 9.71. The zero-order valence-corrected chi connectivity index (χ0v) is 31.7. The van der Waals surface area contributed by atoms with Crippen LogP contribution in [0, 0.1) is 17.7 Å². The molecule has 4 atom stereocenters. The molecule has 5 rings (SSSR count). The van der Waals surface area contributed by atoms with Crippen LogP contribution in [-0.4, -0.2) is 118 Å². The smallest absolute Gasteiger partial charge is 0.407 e. The summed E-state index contributed by atoms with van der Waals surface area (Å²) in [5, 5.41) is 30.4. The molecule has 0 saturated carbocycles. The molecule has 2 saturated heterocycles. The molecule has 4 amide bonds. The Bertz CT molecular complexity index is 1840. The Hall–Kier alpha value is -4.45. The molecule has 0 aliphatic carbocycles. The number of nitrogens with zero attached hydrogens (tertiary/aromatic N) is 6. The lowest BCUT2D eigenvalue weighted by Crippen LogP contribution is -2.57. The van der Waals surface area contributed by atoms with E-state index in [2.05, 4.69) is 15.5 Å². The summed E-state index contributed by atoms with van der Waals surface area (Å²) in [5.41, 5.74) is 2.07. The Morgan fingerprint density at radius 1 is 1.08 bits per heavy atom. The minimum atomic E-state index is -4.31. The maximum Gasteiger partial charge on any atom is 0.407 e. The third-order valence-corrected chi connectivity index (χ3v) is 12.4. The quantitative estimate of drug-likeness (QED) is 0.171. The van der Waals surface area contributed by atoms with E-state index in [0.29, 0.717) is 38.0 Å². The van der Waals surface area contributed by atoms with Gasteiger partial charge in [0.25, 0.3) is 0 Å². The molecule has 1 unspecified atom stereocenters. The van der Waals surface area contributed by atoms with Gasteiger partial charge in [-0.2, -0.15) is 9.21 Å². The van der Waals surface area contributed by atoms with Crippen LogP contribution in [0.4, 0.5) is 9.59 Å². The lowest BCUT2D eigenvalue weighted by molar-refractivity contribution is -0.128. The summed E-state index contributed by atoms with van der Waals surface area (Å²) in [6.07, 6.45) is -1.48. The predicted molar refractivity (Wildman–Crippen MR) is 199 cm³/mol. The second-order valence-electron chi connectivity index (χ2n) is 13.8. The monoisotopic (exact) mass is 769 g/mol. The number of likely N-dealkylation sites (tertiary alicyclic amines) is 1. The fourth-order valence-corrected chi connectivity index (χ4v) is 9.11. The summed E-state index contributed by atoms with van der Waals surface area (Å²) in [4.78, 5) is 59.4. The SMILES string of the molecule is Cc1nc(CN2CCN([C@H](C(=O)N[C@@H](Cc3ccccc3)[C@H](O)CN(CC3CCCN3C(=O)O)S(=O)(=O)c3ccc(CN=O)cc3)C(C)C)C2=O)cs1. The zero-order chi connectivity index (χ0) is 38.3. The van der Waals surface area contributed by atoms with E-state index in [9.17, 15) is 37.9 Å². The number of benzene rings is 2. The van der Waals surface area contributed by atoms with Gasteiger partial charge in [0, 0.05) is 44.1 Å². The van der Waals surface area contributed by atoms with E-state index < -0.39 is 52.8 Å². The molecule has 0 spiro atoms. The van der Waals surface area contributed by atoms with E-state index in [-0.39, 0.29) is 42.9 Å². The van der Waals surface area contributed by atoms with Gasteiger partial charge in [-0.25, -0.2) is 23.0 Å². The number of urea groups is 1. The summed E-state index contributed by atoms with van der Waals surface area (Å²) in [5.74, 6) is -0.783. The molecule has 2 fully saturated rings. The van der Waals surface area contributed by atoms with Crippen molar-refractivity contribution in [2.24, 2.45) is 11.1 Å². The number of rotatable bonds is 17. The Balaban J connectivity index is 1.41. The fraction of sp³-hybridized carbons (Fsp3) is 0.500. The number of carbonyl (C=O) groups is 3. The van der Waals surface area contributed by atoms with E-state index in [1.54, 1.807) is 4.90 Å². The first-order chi connectivity index (χ1) is 25.3. The van der Waals surface area contributed by atoms with E-state index >= 15 is 0 Å². The van der Waals surface area contributed by atoms with E-state index in [1.165, 1.54) is 45.4 Å². The van der Waals surface area contributed by atoms with Crippen LogP contribution in [0.15, 0.2) is 70.0 Å². The van der Waals surface area contributed by atoms with Crippen LogP contribution in [0.3, 0.4) is 0 Å². The summed E-state index contributed by atoms with van der Waals surface area (Å²) in [6.45, 7) is 6.06. The minimum Gasteiger partial charge on any atom is -0.465 e. The van der Waals surface area contributed by atoms with Crippen LogP contribution < -0.4 is 5.32 Å². The Morgan fingerprint density at radius 2 is 1.79 bits per heavy atom. The molecule has 0 bridgehead atoms. The molecule has 286 valence electrons. The largest absolute Gasteiger partial charge is 0.465 e. The number of nitrogens with one attached hydrogen (secondary N) is 1. The number of aryl methyl sites for hydroxylation is 1. The molecule has 3 aromatic rings. The Labute approximate surface area is 313 Å². The van der Waals surface area contributed by atoms with Gasteiger partial charge in [-0.3, -0.25) is 4.79 Å². The van der Waals surface area contributed by atoms with Crippen molar-refractivity contribution < 1.29 is 33.0 Å². The predicted octanol–water partition coefficient (Wildman–Crippen LogP) is 3.90. The highest BCUT2D eigenvalue weighted by Crippen LogP contribution is 2.25. The van der Waals surface area contributed by atoms with E-state index in [4.69, 9.17) is 0 Å². The van der Waals surface area contributed by atoms with Crippen molar-refractivity contribution >= 4 is 39.4 Å². The van der Waals surface area contributed by atoms with Crippen molar-refractivity contribution in [1.82, 2.24) is 29.3 Å². The summed E-state index contributed by atoms with van der Waals surface area (Å²) in [7, 11) is -4.31. The van der Waals surface area contributed by atoms with Gasteiger partial charge < -0.3 is 30.2 Å². The second-order valence-corrected chi connectivity index (χ2v) is 16.8. The minimum absolute atomic E-state index is 0.104. The number of sulfonamides is 1. The average molecular weight is 770 g/mol. The normalized spacial score (nSPS) is 18.1. The maximum absolute atomic E-state index is 14.2. The van der Waals surface area contributed by atoms with Crippen LogP contribution in [-0.2, 0) is 34.3 Å². The molecular weight excluding hydrogens is 723 g/mol. The molecule has 1 aromatic heterocycles. The molecule has 53 heavy (non-hydrogen) atoms. The van der Waals surface area contributed by atoms with Crippen molar-refractivity contribution in [3.05, 3.63) is 86.7 Å². The lowest BCUT2D eigenvalue weighted by atomic mass is 9.97. The highest BCUT2D eigenvalue weighted by Gasteiger charge is 2.41. The first-order valence-corrected chi connectivity index (χ1v) is 20.0. The van der Waals surface area contributed by atoms with Gasteiger partial charge in [0.1, 0.15) is 12.6 Å². The number of amides is 4. The molecule has 0 radical (unpaired) electrons. The molecule has 2 aromatic carbocycles. The van der Waals surface area contributed by atoms with Gasteiger partial charge in [-0.1, -0.05) is 61.5 Å². The highest BCUT2D eigenvalue weighted by atomic mass is 32.2. The average Bonchev–Trinajstić information content (AvgIpc) is 3.85. The second kappa shape index (κ2) is 17.6. The number of thiazole rings is 1. The zero-order valence-electron chi connectivity index (χ0n) is 30.1. The molecule has 3 N–H and O–H groups in total. The van der Waals surface area contributed by atoms with E-state index in [0.717, 1.165) is 20.6 Å². The number of aliphatic hydroxyl groups excluding tert-OH is 1. The van der Waals surface area contributed by atoms with Crippen molar-refractivity contribution in [2.45, 2.75) is 82.2 Å². The number of nitroso groups, excluding NO2 is 1. The van der Waals surface area contributed by atoms with Gasteiger partial charge >= 0.3 is 12.1 Å². The van der Waals surface area contributed by atoms with Crippen LogP contribution in [0.2, 0.25) is 0 Å². The van der Waals surface area contributed by atoms with Gasteiger partial charge in [0.05, 0.1) is 34.3 Å². The number of aliphatic hydroxyl groups is 1. The van der Waals surface area contributed by atoms with Gasteiger partial charge in [-0.05, 0) is 55.4 Å². The van der Waals surface area contributed by atoms with Crippen molar-refractivity contribution in [3.8, 4) is 0 Å². The topological polar surface area (TPSA) is 193 Å². The molecule has 2 aliphatic heterocycles. The molecule has 15 nitrogen and oxygen atoms in total. The number of hydrogen-bond donors (Lipinski definition) is 3. The lowest BCUT2D eigenvalue weighted by Gasteiger charge is -2.35. The van der Waals surface area contributed by atoms with Crippen molar-refractivity contribution in [3.63, 3.8) is 0 Å². The number of hydrogen-bond acceptors (Lipinski definition) is 10. The van der Waals surface area contributed by atoms with Gasteiger partial charge in [-0.15, -0.1) is 11.3 Å². The van der Waals surface area contributed by atoms with Gasteiger partial charge in [0.15, 0.2) is 0 Å². The Morgan fingerprint density at radius 3 is 2.42 bits per heavy atom. The summed E-state index contributed by atoms with van der Waals surface area (Å²) in [6, 6.07) is 12.0. The first kappa shape index (κ1) is 39.8. The number of carbonyl (C=O) groups excluding carboxylic acids is 2. The van der Waals surface area contributed by atoms with Crippen LogP contribution >= 0.6 is 11.3 Å². The van der Waals surface area contributed by atoms with E-state index in [1.807, 2.05) is 56.5 Å². The number of aromatic nitrogens is 1. The first-order valence-electron chi connectivity index (χ1n) is 17.6. The van der Waals surface area contributed by atoms with Crippen LogP contribution in [0.1, 0.15) is 48.5 Å².